The number of nitrogens with one attached hydrogen (secondary N) is 1. The lowest BCUT2D eigenvalue weighted by molar-refractivity contribution is -0.137. The second-order valence-electron chi connectivity index (χ2n) is 6.84. The molecule has 0 aromatic heterocycles. The molecular formula is C18H24F3N3O. The van der Waals surface area contributed by atoms with Crippen molar-refractivity contribution in [3.05, 3.63) is 35.4 Å². The van der Waals surface area contributed by atoms with Crippen molar-refractivity contribution in [3.63, 3.8) is 0 Å². The molecule has 2 saturated heterocycles. The second kappa shape index (κ2) is 7.74. The first-order valence-electron chi connectivity index (χ1n) is 8.81. The van der Waals surface area contributed by atoms with Crippen LogP contribution < -0.4 is 5.32 Å². The van der Waals surface area contributed by atoms with Gasteiger partial charge in [0, 0.05) is 39.3 Å². The van der Waals surface area contributed by atoms with E-state index in [4.69, 9.17) is 0 Å². The normalized spacial score (nSPS) is 22.8. The molecule has 2 fully saturated rings. The van der Waals surface area contributed by atoms with E-state index in [1.807, 2.05) is 4.90 Å². The molecule has 25 heavy (non-hydrogen) atoms. The molecule has 0 spiro atoms. The number of rotatable bonds is 3. The number of alkyl halides is 3. The Morgan fingerprint density at radius 2 is 1.88 bits per heavy atom. The van der Waals surface area contributed by atoms with Crippen LogP contribution in [0.2, 0.25) is 0 Å². The molecule has 0 saturated carbocycles. The Morgan fingerprint density at radius 1 is 1.12 bits per heavy atom. The first-order valence-corrected chi connectivity index (χ1v) is 8.81. The zero-order valence-corrected chi connectivity index (χ0v) is 14.2. The fraction of sp³-hybridized carbons (Fsp3) is 0.611. The number of halogens is 3. The van der Waals surface area contributed by atoms with Crippen molar-refractivity contribution in [1.82, 2.24) is 15.1 Å². The third-order valence-electron chi connectivity index (χ3n) is 5.00. The van der Waals surface area contributed by atoms with Crippen LogP contribution in [-0.4, -0.2) is 55.0 Å². The summed E-state index contributed by atoms with van der Waals surface area (Å²) in [6.07, 6.45) is -2.49. The number of nitrogens with zero attached hydrogens (tertiary/aromatic N) is 2. The molecule has 2 aliphatic rings. The summed E-state index contributed by atoms with van der Waals surface area (Å²) in [5, 5.41) is 3.23. The van der Waals surface area contributed by atoms with Gasteiger partial charge in [0.1, 0.15) is 0 Å². The Kier molecular flexibility index (Phi) is 5.64. The molecule has 3 rings (SSSR count). The summed E-state index contributed by atoms with van der Waals surface area (Å²) in [7, 11) is 0. The van der Waals surface area contributed by atoms with E-state index in [1.54, 1.807) is 12.1 Å². The summed E-state index contributed by atoms with van der Waals surface area (Å²) in [5.41, 5.74) is 0.252. The third kappa shape index (κ3) is 4.73. The van der Waals surface area contributed by atoms with Gasteiger partial charge in [-0.25, -0.2) is 0 Å². The first-order chi connectivity index (χ1) is 11.9. The van der Waals surface area contributed by atoms with Gasteiger partial charge in [-0.05, 0) is 37.1 Å². The van der Waals surface area contributed by atoms with E-state index in [0.29, 0.717) is 13.1 Å². The van der Waals surface area contributed by atoms with Crippen molar-refractivity contribution < 1.29 is 18.0 Å². The van der Waals surface area contributed by atoms with E-state index in [2.05, 4.69) is 10.2 Å². The van der Waals surface area contributed by atoms with Gasteiger partial charge in [-0.1, -0.05) is 12.1 Å². The molecule has 4 nitrogen and oxygen atoms in total. The Bertz CT molecular complexity index is 582. The molecule has 0 bridgehead atoms. The zero-order chi connectivity index (χ0) is 17.9. The van der Waals surface area contributed by atoms with E-state index in [0.717, 1.165) is 63.3 Å². The average molecular weight is 355 g/mol. The van der Waals surface area contributed by atoms with Crippen LogP contribution in [0.15, 0.2) is 24.3 Å². The average Bonchev–Trinajstić information content (AvgIpc) is 3.01. The largest absolute Gasteiger partial charge is 0.416 e. The molecule has 0 aliphatic carbocycles. The predicted octanol–water partition coefficient (Wildman–Crippen LogP) is 2.35. The van der Waals surface area contributed by atoms with Crippen LogP contribution in [0.3, 0.4) is 0 Å². The number of benzene rings is 1. The SMILES string of the molecule is O=C(C1CCNC1)N1CCCN(Cc2ccc(C(F)(F)F)cc2)CC1. The molecule has 1 aromatic carbocycles. The minimum atomic E-state index is -4.29. The Labute approximate surface area is 146 Å². The van der Waals surface area contributed by atoms with Crippen LogP contribution in [0.1, 0.15) is 24.0 Å². The van der Waals surface area contributed by atoms with Crippen molar-refractivity contribution in [2.75, 3.05) is 39.3 Å². The lowest BCUT2D eigenvalue weighted by Gasteiger charge is -2.24. The van der Waals surface area contributed by atoms with E-state index in [-0.39, 0.29) is 11.8 Å². The second-order valence-corrected chi connectivity index (χ2v) is 6.84. The smallest absolute Gasteiger partial charge is 0.341 e. The standard InChI is InChI=1S/C18H24F3N3O/c19-18(20,21)16-4-2-14(3-5-16)13-23-8-1-9-24(11-10-23)17(25)15-6-7-22-12-15/h2-5,15,22H,1,6-13H2. The molecule has 0 radical (unpaired) electrons. The summed E-state index contributed by atoms with van der Waals surface area (Å²) < 4.78 is 37.9. The molecular weight excluding hydrogens is 331 g/mol. The van der Waals surface area contributed by atoms with Crippen molar-refractivity contribution in [2.24, 2.45) is 5.92 Å². The van der Waals surface area contributed by atoms with Crippen LogP contribution in [0.4, 0.5) is 13.2 Å². The van der Waals surface area contributed by atoms with Crippen LogP contribution in [0, 0.1) is 5.92 Å². The van der Waals surface area contributed by atoms with Crippen molar-refractivity contribution >= 4 is 5.91 Å². The first kappa shape index (κ1) is 18.2. The van der Waals surface area contributed by atoms with Crippen LogP contribution >= 0.6 is 0 Å². The quantitative estimate of drug-likeness (QED) is 0.904. The number of hydrogen-bond donors (Lipinski definition) is 1. The van der Waals surface area contributed by atoms with Gasteiger partial charge >= 0.3 is 6.18 Å². The lowest BCUT2D eigenvalue weighted by Crippen LogP contribution is -2.39. The van der Waals surface area contributed by atoms with Crippen LogP contribution in [-0.2, 0) is 17.5 Å². The molecule has 2 aliphatic heterocycles. The van der Waals surface area contributed by atoms with E-state index < -0.39 is 11.7 Å². The van der Waals surface area contributed by atoms with Gasteiger partial charge in [0.15, 0.2) is 0 Å². The monoisotopic (exact) mass is 355 g/mol. The third-order valence-corrected chi connectivity index (χ3v) is 5.00. The highest BCUT2D eigenvalue weighted by molar-refractivity contribution is 5.79. The van der Waals surface area contributed by atoms with Gasteiger partial charge < -0.3 is 10.2 Å². The van der Waals surface area contributed by atoms with Crippen molar-refractivity contribution in [2.45, 2.75) is 25.6 Å². The lowest BCUT2D eigenvalue weighted by atomic mass is 10.1. The number of carbonyl (C=O) groups is 1. The Balaban J connectivity index is 1.53. The molecule has 1 N–H and O–H groups in total. The number of carbonyl (C=O) groups excluding carboxylic acids is 1. The van der Waals surface area contributed by atoms with Gasteiger partial charge in [0.05, 0.1) is 11.5 Å². The fourth-order valence-corrected chi connectivity index (χ4v) is 3.53. The van der Waals surface area contributed by atoms with Gasteiger partial charge in [-0.15, -0.1) is 0 Å². The minimum Gasteiger partial charge on any atom is -0.341 e. The summed E-state index contributed by atoms with van der Waals surface area (Å²) in [6.45, 7) is 5.36. The summed E-state index contributed by atoms with van der Waals surface area (Å²) in [4.78, 5) is 16.7. The van der Waals surface area contributed by atoms with E-state index in [9.17, 15) is 18.0 Å². The fourth-order valence-electron chi connectivity index (χ4n) is 3.53. The maximum atomic E-state index is 12.6. The number of amides is 1. The summed E-state index contributed by atoms with van der Waals surface area (Å²) in [5.74, 6) is 0.336. The molecule has 1 unspecified atom stereocenters. The summed E-state index contributed by atoms with van der Waals surface area (Å²) in [6, 6.07) is 5.35. The molecule has 1 atom stereocenters. The molecule has 1 amide bonds. The molecule has 2 heterocycles. The maximum Gasteiger partial charge on any atom is 0.416 e. The molecule has 138 valence electrons. The van der Waals surface area contributed by atoms with Crippen molar-refractivity contribution in [1.29, 1.82) is 0 Å². The summed E-state index contributed by atoms with van der Waals surface area (Å²) >= 11 is 0. The van der Waals surface area contributed by atoms with E-state index >= 15 is 0 Å². The van der Waals surface area contributed by atoms with Gasteiger partial charge in [0.25, 0.3) is 0 Å². The van der Waals surface area contributed by atoms with Gasteiger partial charge in [-0.2, -0.15) is 13.2 Å². The van der Waals surface area contributed by atoms with Crippen molar-refractivity contribution in [3.8, 4) is 0 Å². The Hall–Kier alpha value is -1.60. The predicted molar refractivity (Wildman–Crippen MR) is 88.9 cm³/mol. The highest BCUT2D eigenvalue weighted by Gasteiger charge is 2.30. The zero-order valence-electron chi connectivity index (χ0n) is 14.2. The minimum absolute atomic E-state index is 0.0986. The molecule has 1 aromatic rings. The highest BCUT2D eigenvalue weighted by Crippen LogP contribution is 2.29. The van der Waals surface area contributed by atoms with E-state index in [1.165, 1.54) is 0 Å². The van der Waals surface area contributed by atoms with Crippen LogP contribution in [0.5, 0.6) is 0 Å². The molecule has 7 heteroatoms. The highest BCUT2D eigenvalue weighted by atomic mass is 19.4. The maximum absolute atomic E-state index is 12.6. The topological polar surface area (TPSA) is 35.6 Å². The Morgan fingerprint density at radius 3 is 2.52 bits per heavy atom. The van der Waals surface area contributed by atoms with Crippen LogP contribution in [0.25, 0.3) is 0 Å². The van der Waals surface area contributed by atoms with Gasteiger partial charge in [0.2, 0.25) is 5.91 Å². The van der Waals surface area contributed by atoms with Gasteiger partial charge in [-0.3, -0.25) is 9.69 Å². The number of hydrogen-bond acceptors (Lipinski definition) is 3.